The molecule has 0 saturated carbocycles. The van der Waals surface area contributed by atoms with Crippen molar-refractivity contribution >= 4 is 52.3 Å². The molecular weight excluding hydrogens is 694 g/mol. The number of hydrogen-bond donors (Lipinski definition) is 1. The summed E-state index contributed by atoms with van der Waals surface area (Å²) in [6.07, 6.45) is 8.14. The number of ether oxygens (including phenoxy) is 2. The molecule has 0 fully saturated rings. The second-order valence-electron chi connectivity index (χ2n) is 11.3. The minimum Gasteiger partial charge on any atom is -0.490 e. The van der Waals surface area contributed by atoms with E-state index in [4.69, 9.17) is 21.1 Å². The van der Waals surface area contributed by atoms with Crippen LogP contribution in [-0.4, -0.2) is 40.1 Å². The molecule has 0 bridgehead atoms. The molecule has 0 saturated heterocycles. The lowest BCUT2D eigenvalue weighted by molar-refractivity contribution is -0.126. The van der Waals surface area contributed by atoms with Crippen LogP contribution in [0.1, 0.15) is 42.1 Å². The Hall–Kier alpha value is -5.64. The molecule has 0 unspecified atom stereocenters. The second kappa shape index (κ2) is 18.6. The van der Waals surface area contributed by atoms with Gasteiger partial charge in [0, 0.05) is 16.3 Å². The number of amides is 3. The van der Waals surface area contributed by atoms with Gasteiger partial charge in [0.1, 0.15) is 12.2 Å². The van der Waals surface area contributed by atoms with E-state index in [-0.39, 0.29) is 29.0 Å². The van der Waals surface area contributed by atoms with Crippen LogP contribution in [0.15, 0.2) is 150 Å². The first-order chi connectivity index (χ1) is 25.3. The van der Waals surface area contributed by atoms with E-state index >= 15 is 0 Å². The first-order valence-corrected chi connectivity index (χ1v) is 18.0. The van der Waals surface area contributed by atoms with E-state index < -0.39 is 17.9 Å². The molecule has 5 rings (SSSR count). The van der Waals surface area contributed by atoms with E-state index in [0.29, 0.717) is 34.4 Å². The predicted molar refractivity (Wildman–Crippen MR) is 209 cm³/mol. The summed E-state index contributed by atoms with van der Waals surface area (Å²) in [7, 11) is 0. The third-order valence-corrected chi connectivity index (χ3v) is 9.14. The summed E-state index contributed by atoms with van der Waals surface area (Å²) in [4.78, 5) is 46.7. The molecule has 3 amide bonds. The lowest BCUT2D eigenvalue weighted by atomic mass is 9.99. The number of nitrogens with one attached hydrogen (secondary N) is 1. The van der Waals surface area contributed by atoms with Gasteiger partial charge in [-0.15, -0.1) is 0 Å². The molecule has 8 nitrogen and oxygen atoms in total. The highest BCUT2D eigenvalue weighted by Gasteiger charge is 2.35. The number of carbonyl (C=O) groups excluding carboxylic acids is 3. The van der Waals surface area contributed by atoms with E-state index in [1.54, 1.807) is 55.5 Å². The van der Waals surface area contributed by atoms with Crippen molar-refractivity contribution < 1.29 is 23.9 Å². The Kier molecular flexibility index (Phi) is 13.4. The van der Waals surface area contributed by atoms with Crippen LogP contribution in [0.2, 0.25) is 5.02 Å². The molecule has 1 N–H and O–H groups in total. The minimum atomic E-state index is -0.726. The highest BCUT2D eigenvalue weighted by atomic mass is 35.5. The van der Waals surface area contributed by atoms with Crippen molar-refractivity contribution in [2.75, 3.05) is 12.4 Å². The zero-order chi connectivity index (χ0) is 36.9. The minimum absolute atomic E-state index is 0.0819. The van der Waals surface area contributed by atoms with Crippen molar-refractivity contribution in [3.8, 4) is 11.5 Å². The number of benzene rings is 4. The maximum atomic E-state index is 14.1. The third-order valence-electron chi connectivity index (χ3n) is 7.83. The molecule has 0 spiro atoms. The van der Waals surface area contributed by atoms with Gasteiger partial charge in [0.05, 0.1) is 18.4 Å². The Bertz CT molecular complexity index is 2000. The van der Waals surface area contributed by atoms with Crippen molar-refractivity contribution in [1.82, 2.24) is 10.2 Å². The number of nitrogens with zero attached hydrogens (tertiary/aromatic N) is 2. The Morgan fingerprint density at radius 1 is 0.942 bits per heavy atom. The first kappa shape index (κ1) is 37.6. The van der Waals surface area contributed by atoms with Gasteiger partial charge in [0.2, 0.25) is 5.91 Å². The Balaban J connectivity index is 1.40. The molecule has 0 radical (unpaired) electrons. The number of aliphatic imine (C=N–C) groups is 1. The van der Waals surface area contributed by atoms with Gasteiger partial charge < -0.3 is 14.8 Å². The molecule has 1 heterocycles. The van der Waals surface area contributed by atoms with E-state index in [9.17, 15) is 14.4 Å². The lowest BCUT2D eigenvalue weighted by Gasteiger charge is -2.28. The number of halogens is 1. The summed E-state index contributed by atoms with van der Waals surface area (Å²) in [5, 5.41) is 3.77. The van der Waals surface area contributed by atoms with Crippen LogP contribution >= 0.6 is 23.4 Å². The van der Waals surface area contributed by atoms with Crippen LogP contribution in [-0.2, 0) is 21.0 Å². The zero-order valence-corrected chi connectivity index (χ0v) is 30.4. The molecule has 0 atom stereocenters. The molecule has 4 aromatic rings. The molecule has 10 heteroatoms. The average molecular weight is 732 g/mol. The number of hydrogen-bond acceptors (Lipinski definition) is 6. The first-order valence-electron chi connectivity index (χ1n) is 16.6. The van der Waals surface area contributed by atoms with Crippen LogP contribution in [0.3, 0.4) is 0 Å². The largest absolute Gasteiger partial charge is 0.490 e. The topological polar surface area (TPSA) is 97.3 Å². The van der Waals surface area contributed by atoms with Gasteiger partial charge in [-0.2, -0.15) is 4.99 Å². The van der Waals surface area contributed by atoms with Crippen LogP contribution < -0.4 is 14.8 Å². The lowest BCUT2D eigenvalue weighted by Crippen LogP contribution is -2.42. The van der Waals surface area contributed by atoms with Crippen molar-refractivity contribution in [2.45, 2.75) is 26.5 Å². The smallest absolute Gasteiger partial charge is 0.285 e. The average Bonchev–Trinajstić information content (AvgIpc) is 3.16. The van der Waals surface area contributed by atoms with Gasteiger partial charge in [-0.3, -0.25) is 19.3 Å². The Morgan fingerprint density at radius 3 is 2.25 bits per heavy atom. The summed E-state index contributed by atoms with van der Waals surface area (Å²) in [6.45, 7) is 7.94. The van der Waals surface area contributed by atoms with Gasteiger partial charge in [-0.25, -0.2) is 0 Å². The number of thioether (sulfide) groups is 1. The standard InChI is InChI=1S/C42H38ClN3O5S/c1-4-7-21-33(5-2)46-41(49)34(25-29-23-24-36(37(26-29)50-6-3)51-27-32-20-14-15-22-35(32)43)40(48)45-42(46)52-28-38(47)44-39(30-16-10-8-11-17-30)31-18-12-9-13-19-31/h4-5,7-26,39H,1,6,27-28H2,2-3H3,(H,44,47)/b21-7-,33-5+,34-25+. The fourth-order valence-corrected chi connectivity index (χ4v) is 6.33. The molecule has 1 aliphatic rings. The van der Waals surface area contributed by atoms with Crippen molar-refractivity contribution in [3.63, 3.8) is 0 Å². The maximum Gasteiger partial charge on any atom is 0.285 e. The Labute approximate surface area is 313 Å². The van der Waals surface area contributed by atoms with E-state index in [0.717, 1.165) is 28.5 Å². The van der Waals surface area contributed by atoms with Crippen LogP contribution in [0.5, 0.6) is 11.5 Å². The van der Waals surface area contributed by atoms with Gasteiger partial charge in [0.15, 0.2) is 16.7 Å². The molecule has 1 aliphatic heterocycles. The molecule has 52 heavy (non-hydrogen) atoms. The number of amidine groups is 1. The van der Waals surface area contributed by atoms with E-state index in [2.05, 4.69) is 16.9 Å². The quantitative estimate of drug-likeness (QED) is 0.0792. The fraction of sp³-hybridized carbons (Fsp3) is 0.143. The summed E-state index contributed by atoms with van der Waals surface area (Å²) >= 11 is 7.31. The third kappa shape index (κ3) is 9.57. The van der Waals surface area contributed by atoms with Crippen LogP contribution in [0.4, 0.5) is 0 Å². The van der Waals surface area contributed by atoms with Crippen LogP contribution in [0, 0.1) is 0 Å². The summed E-state index contributed by atoms with van der Waals surface area (Å²) < 4.78 is 11.9. The number of allylic oxidation sites excluding steroid dienone is 4. The highest BCUT2D eigenvalue weighted by Crippen LogP contribution is 2.32. The van der Waals surface area contributed by atoms with Gasteiger partial charge in [-0.05, 0) is 60.9 Å². The molecular formula is C42H38ClN3O5S. The zero-order valence-electron chi connectivity index (χ0n) is 28.8. The fourth-order valence-electron chi connectivity index (χ4n) is 5.33. The van der Waals surface area contributed by atoms with E-state index in [1.807, 2.05) is 85.8 Å². The van der Waals surface area contributed by atoms with Gasteiger partial charge in [0.25, 0.3) is 11.8 Å². The predicted octanol–water partition coefficient (Wildman–Crippen LogP) is 8.71. The highest BCUT2D eigenvalue weighted by molar-refractivity contribution is 8.14. The summed E-state index contributed by atoms with van der Waals surface area (Å²) in [5.74, 6) is -0.788. The van der Waals surface area contributed by atoms with Crippen molar-refractivity contribution in [1.29, 1.82) is 0 Å². The Morgan fingerprint density at radius 2 is 1.62 bits per heavy atom. The molecule has 4 aromatic carbocycles. The number of carbonyl (C=O) groups is 3. The van der Waals surface area contributed by atoms with Gasteiger partial charge in [-0.1, -0.05) is 133 Å². The maximum absolute atomic E-state index is 14.1. The monoisotopic (exact) mass is 731 g/mol. The molecule has 264 valence electrons. The van der Waals surface area contributed by atoms with Crippen molar-refractivity contribution in [2.24, 2.45) is 4.99 Å². The van der Waals surface area contributed by atoms with Gasteiger partial charge >= 0.3 is 0 Å². The normalized spacial score (nSPS) is 14.2. The molecule has 0 aromatic heterocycles. The summed E-state index contributed by atoms with van der Waals surface area (Å²) in [6, 6.07) is 31.5. The SMILES string of the molecule is C=C/C=C\C(=C/C)N1C(=O)/C(=C/c2ccc(OCc3ccccc3Cl)c(OCC)c2)C(=O)N=C1SCC(=O)NC(c1ccccc1)c1ccccc1. The molecule has 0 aliphatic carbocycles. The van der Waals surface area contributed by atoms with E-state index in [1.165, 1.54) is 11.0 Å². The van der Waals surface area contributed by atoms with Crippen LogP contribution in [0.25, 0.3) is 6.08 Å². The summed E-state index contributed by atoms with van der Waals surface area (Å²) in [5.41, 5.74) is 3.50. The number of rotatable bonds is 14. The second-order valence-corrected chi connectivity index (χ2v) is 12.7. The van der Waals surface area contributed by atoms with Crippen molar-refractivity contribution in [3.05, 3.63) is 173 Å².